The highest BCUT2D eigenvalue weighted by molar-refractivity contribution is 5.81. The van der Waals surface area contributed by atoms with Crippen molar-refractivity contribution in [2.24, 2.45) is 0 Å². The number of anilines is 1. The third kappa shape index (κ3) is 1.82. The van der Waals surface area contributed by atoms with Crippen molar-refractivity contribution in [1.82, 2.24) is 19.5 Å². The van der Waals surface area contributed by atoms with Crippen molar-refractivity contribution in [3.8, 4) is 0 Å². The van der Waals surface area contributed by atoms with Crippen molar-refractivity contribution in [2.45, 2.75) is 24.3 Å². The van der Waals surface area contributed by atoms with Gasteiger partial charge in [-0.1, -0.05) is 0 Å². The molecule has 0 radical (unpaired) electrons. The fraction of sp³-hybridized carbons (Fsp3) is 0.500. The number of aliphatic hydroxyl groups excluding tert-OH is 3. The van der Waals surface area contributed by atoms with E-state index >= 15 is 0 Å². The molecular weight excluding hydrogens is 289 g/mol. The van der Waals surface area contributed by atoms with Gasteiger partial charge in [0.15, 0.2) is 11.8 Å². The Balaban J connectivity index is 2.19. The predicted octanol–water partition coefficient (Wildman–Crippen LogP) is -2.61. The third-order valence-corrected chi connectivity index (χ3v) is 3.34. The molecule has 0 bridgehead atoms. The summed E-state index contributed by atoms with van der Waals surface area (Å²) >= 11 is 0. The molecule has 21 heavy (non-hydrogen) atoms. The maximum atomic E-state index is 14.9. The van der Waals surface area contributed by atoms with Crippen molar-refractivity contribution in [2.75, 3.05) is 12.3 Å². The standard InChI is InChI=1S/C10H12FN5O5/c11-10(6(19)5(18)3(1-17)21-10)16-2-13-4-7(12)14-9(20)15-8(4)16/h2-3,5-6,17-19H,1H2,(H3,12,14,15,20)/t3-,5-,6-,10+/m1/s1. The minimum Gasteiger partial charge on any atom is -0.394 e. The minimum atomic E-state index is -2.94. The monoisotopic (exact) mass is 301 g/mol. The SMILES string of the molecule is Nc1[nH]c(=O)nc2c1ncn2[C@]1(F)O[C@H](CO)[C@@H](O)[C@H]1O. The highest BCUT2D eigenvalue weighted by Crippen LogP contribution is 2.38. The number of halogens is 1. The van der Waals surface area contributed by atoms with Gasteiger partial charge in [-0.25, -0.2) is 9.78 Å². The van der Waals surface area contributed by atoms with Crippen LogP contribution in [0.25, 0.3) is 11.2 Å². The van der Waals surface area contributed by atoms with E-state index < -0.39 is 36.6 Å². The number of H-pyrrole nitrogens is 1. The van der Waals surface area contributed by atoms with Crippen molar-refractivity contribution < 1.29 is 24.4 Å². The molecule has 0 spiro atoms. The number of hydrogen-bond acceptors (Lipinski definition) is 8. The van der Waals surface area contributed by atoms with Crippen LogP contribution in [0.5, 0.6) is 0 Å². The van der Waals surface area contributed by atoms with E-state index in [4.69, 9.17) is 15.6 Å². The topological polar surface area (TPSA) is 160 Å². The molecule has 3 rings (SSSR count). The summed E-state index contributed by atoms with van der Waals surface area (Å²) in [5.74, 6) is -3.06. The zero-order chi connectivity index (χ0) is 15.4. The number of imidazole rings is 1. The van der Waals surface area contributed by atoms with Crippen molar-refractivity contribution >= 4 is 17.0 Å². The Morgan fingerprint density at radius 1 is 1.57 bits per heavy atom. The predicted molar refractivity (Wildman–Crippen MR) is 65.6 cm³/mol. The number of aromatic amines is 1. The smallest absolute Gasteiger partial charge is 0.348 e. The van der Waals surface area contributed by atoms with E-state index in [1.165, 1.54) is 0 Å². The van der Waals surface area contributed by atoms with Crippen LogP contribution < -0.4 is 11.4 Å². The first-order chi connectivity index (χ1) is 9.88. The first kappa shape index (κ1) is 13.9. The van der Waals surface area contributed by atoms with Gasteiger partial charge in [0.1, 0.15) is 29.9 Å². The van der Waals surface area contributed by atoms with Crippen LogP contribution in [0.15, 0.2) is 11.1 Å². The van der Waals surface area contributed by atoms with Crippen molar-refractivity contribution in [3.05, 3.63) is 16.8 Å². The highest BCUT2D eigenvalue weighted by Gasteiger charge is 2.57. The van der Waals surface area contributed by atoms with Crippen LogP contribution in [0.2, 0.25) is 0 Å². The molecule has 1 aliphatic rings. The van der Waals surface area contributed by atoms with E-state index in [0.29, 0.717) is 4.57 Å². The summed E-state index contributed by atoms with van der Waals surface area (Å²) in [7, 11) is 0. The molecule has 0 saturated carbocycles. The Morgan fingerprint density at radius 2 is 2.29 bits per heavy atom. The normalized spacial score (nSPS) is 32.9. The molecule has 0 aromatic carbocycles. The van der Waals surface area contributed by atoms with Crippen LogP contribution in [-0.4, -0.2) is 59.8 Å². The summed E-state index contributed by atoms with van der Waals surface area (Å²) in [5.41, 5.74) is 4.45. The fourth-order valence-electron chi connectivity index (χ4n) is 2.27. The molecule has 6 N–H and O–H groups in total. The summed E-state index contributed by atoms with van der Waals surface area (Å²) in [6.07, 6.45) is -4.07. The fourth-order valence-corrected chi connectivity index (χ4v) is 2.27. The number of nitrogen functional groups attached to an aromatic ring is 1. The second-order valence-corrected chi connectivity index (χ2v) is 4.63. The number of fused-ring (bicyclic) bond motifs is 1. The van der Waals surface area contributed by atoms with E-state index in [9.17, 15) is 19.4 Å². The summed E-state index contributed by atoms with van der Waals surface area (Å²) in [6.45, 7) is -0.702. The number of nitrogens with two attached hydrogens (primary N) is 1. The molecule has 0 amide bonds. The number of nitrogens with zero attached hydrogens (tertiary/aromatic N) is 3. The Labute approximate surface area is 115 Å². The van der Waals surface area contributed by atoms with E-state index in [-0.39, 0.29) is 17.0 Å². The first-order valence-corrected chi connectivity index (χ1v) is 5.95. The number of aromatic nitrogens is 4. The molecule has 0 aliphatic carbocycles. The molecule has 1 aliphatic heterocycles. The van der Waals surface area contributed by atoms with Gasteiger partial charge in [-0.05, 0) is 0 Å². The Hall–Kier alpha value is -2.08. The Morgan fingerprint density at radius 3 is 2.90 bits per heavy atom. The molecule has 0 unspecified atom stereocenters. The molecule has 1 saturated heterocycles. The zero-order valence-corrected chi connectivity index (χ0v) is 10.5. The largest absolute Gasteiger partial charge is 0.394 e. The summed E-state index contributed by atoms with van der Waals surface area (Å²) in [4.78, 5) is 20.8. The van der Waals surface area contributed by atoms with E-state index in [2.05, 4.69) is 15.0 Å². The van der Waals surface area contributed by atoms with Crippen molar-refractivity contribution in [3.63, 3.8) is 0 Å². The zero-order valence-electron chi connectivity index (χ0n) is 10.5. The third-order valence-electron chi connectivity index (χ3n) is 3.34. The van der Waals surface area contributed by atoms with Crippen LogP contribution >= 0.6 is 0 Å². The lowest BCUT2D eigenvalue weighted by atomic mass is 10.1. The maximum absolute atomic E-state index is 14.9. The average Bonchev–Trinajstić information content (AvgIpc) is 2.95. The van der Waals surface area contributed by atoms with Gasteiger partial charge in [-0.3, -0.25) is 9.55 Å². The lowest BCUT2D eigenvalue weighted by Crippen LogP contribution is -2.42. The molecule has 2 aromatic heterocycles. The van der Waals surface area contributed by atoms with E-state index in [1.807, 2.05) is 0 Å². The molecule has 2 aromatic rings. The second-order valence-electron chi connectivity index (χ2n) is 4.63. The molecule has 1 fully saturated rings. The first-order valence-electron chi connectivity index (χ1n) is 5.95. The van der Waals surface area contributed by atoms with Crippen LogP contribution in [0.3, 0.4) is 0 Å². The van der Waals surface area contributed by atoms with Gasteiger partial charge in [0.25, 0.3) is 0 Å². The summed E-state index contributed by atoms with van der Waals surface area (Å²) < 4.78 is 20.5. The quantitative estimate of drug-likeness (QED) is 0.403. The second kappa shape index (κ2) is 4.46. The molecular formula is C10H12FN5O5. The van der Waals surface area contributed by atoms with E-state index in [1.54, 1.807) is 0 Å². The van der Waals surface area contributed by atoms with Crippen LogP contribution in [0.4, 0.5) is 10.2 Å². The van der Waals surface area contributed by atoms with Crippen molar-refractivity contribution in [1.29, 1.82) is 0 Å². The van der Waals surface area contributed by atoms with Gasteiger partial charge in [-0.2, -0.15) is 9.37 Å². The number of rotatable bonds is 2. The Bertz CT molecular complexity index is 747. The number of alkyl halides is 1. The number of ether oxygens (including phenoxy) is 1. The van der Waals surface area contributed by atoms with Crippen LogP contribution in [0.1, 0.15) is 0 Å². The Kier molecular flexibility index (Phi) is 2.95. The van der Waals surface area contributed by atoms with Gasteiger partial charge in [0, 0.05) is 0 Å². The molecule has 11 heteroatoms. The number of aliphatic hydroxyl groups is 3. The van der Waals surface area contributed by atoms with Crippen LogP contribution in [-0.2, 0) is 10.7 Å². The summed E-state index contributed by atoms with van der Waals surface area (Å²) in [5, 5.41) is 28.5. The lowest BCUT2D eigenvalue weighted by Gasteiger charge is -2.24. The van der Waals surface area contributed by atoms with Gasteiger partial charge < -0.3 is 25.8 Å². The molecule has 10 nitrogen and oxygen atoms in total. The van der Waals surface area contributed by atoms with Gasteiger partial charge >= 0.3 is 11.7 Å². The minimum absolute atomic E-state index is 0.00404. The van der Waals surface area contributed by atoms with Gasteiger partial charge in [0.05, 0.1) is 6.61 Å². The molecule has 3 heterocycles. The van der Waals surface area contributed by atoms with Crippen LogP contribution in [0, 0.1) is 0 Å². The number of hydrogen-bond donors (Lipinski definition) is 5. The lowest BCUT2D eigenvalue weighted by molar-refractivity contribution is -0.235. The number of nitrogens with one attached hydrogen (secondary N) is 1. The molecule has 114 valence electrons. The maximum Gasteiger partial charge on any atom is 0.348 e. The van der Waals surface area contributed by atoms with Gasteiger partial charge in [-0.15, -0.1) is 0 Å². The molecule has 4 atom stereocenters. The van der Waals surface area contributed by atoms with Gasteiger partial charge in [0.2, 0.25) is 0 Å². The average molecular weight is 301 g/mol. The highest BCUT2D eigenvalue weighted by atomic mass is 19.2. The van der Waals surface area contributed by atoms with E-state index in [0.717, 1.165) is 6.33 Å². The summed E-state index contributed by atoms with van der Waals surface area (Å²) in [6, 6.07) is 0.